The topological polar surface area (TPSA) is 35.6 Å². The predicted octanol–water partition coefficient (Wildman–Crippen LogP) is 2.71. The Kier molecular flexibility index (Phi) is 4.88. The summed E-state index contributed by atoms with van der Waals surface area (Å²) in [5.41, 5.74) is 0.914. The minimum Gasteiger partial charge on any atom is -0.331 e. The number of thioether (sulfide) groups is 1. The van der Waals surface area contributed by atoms with Crippen molar-refractivity contribution in [2.45, 2.75) is 24.3 Å². The number of nitrogens with one attached hydrogen (secondary N) is 1. The number of amides is 2. The highest BCUT2D eigenvalue weighted by Gasteiger charge is 2.26. The Morgan fingerprint density at radius 2 is 2.14 bits per heavy atom. The largest absolute Gasteiger partial charge is 0.331 e. The zero-order valence-corrected chi connectivity index (χ0v) is 13.7. The zero-order chi connectivity index (χ0) is 15.5. The van der Waals surface area contributed by atoms with E-state index >= 15 is 0 Å². The lowest BCUT2D eigenvalue weighted by Crippen LogP contribution is -2.52. The maximum atomic E-state index is 13.5. The lowest BCUT2D eigenvalue weighted by molar-refractivity contribution is 0.140. The number of nitrogens with zero attached hydrogens (tertiary/aromatic N) is 2. The minimum absolute atomic E-state index is 0.0251. The Labute approximate surface area is 135 Å². The third-order valence-electron chi connectivity index (χ3n) is 4.42. The Balaban J connectivity index is 1.64. The van der Waals surface area contributed by atoms with Gasteiger partial charge in [-0.25, -0.2) is 9.18 Å². The van der Waals surface area contributed by atoms with Gasteiger partial charge in [0.25, 0.3) is 0 Å². The standard InChI is InChI=1S/C16H22FN3OS/c1-2-19-6-8-20(9-7-19)16(21)18-14-5-10-22-15-4-3-12(17)11-13(14)15/h3-4,11,14H,2,5-10H2,1H3,(H,18,21). The van der Waals surface area contributed by atoms with E-state index in [0.717, 1.165) is 55.4 Å². The van der Waals surface area contributed by atoms with Crippen molar-refractivity contribution >= 4 is 17.8 Å². The lowest BCUT2D eigenvalue weighted by atomic mass is 10.0. The Morgan fingerprint density at radius 3 is 2.86 bits per heavy atom. The molecule has 1 N–H and O–H groups in total. The molecule has 0 aliphatic carbocycles. The SMILES string of the molecule is CCN1CCN(C(=O)NC2CCSc3ccc(F)cc32)CC1. The van der Waals surface area contributed by atoms with Gasteiger partial charge < -0.3 is 15.1 Å². The molecule has 1 atom stereocenters. The average Bonchev–Trinajstić information content (AvgIpc) is 2.55. The third-order valence-corrected chi connectivity index (χ3v) is 5.54. The molecule has 6 heteroatoms. The van der Waals surface area contributed by atoms with E-state index < -0.39 is 0 Å². The molecule has 0 radical (unpaired) electrons. The second-order valence-corrected chi connectivity index (χ2v) is 6.88. The number of halogens is 1. The molecular formula is C16H22FN3OS. The van der Waals surface area contributed by atoms with Crippen molar-refractivity contribution in [1.29, 1.82) is 0 Å². The van der Waals surface area contributed by atoms with Gasteiger partial charge in [-0.15, -0.1) is 11.8 Å². The fraction of sp³-hybridized carbons (Fsp3) is 0.562. The second-order valence-electron chi connectivity index (χ2n) is 5.74. The van der Waals surface area contributed by atoms with Crippen molar-refractivity contribution in [1.82, 2.24) is 15.1 Å². The molecular weight excluding hydrogens is 301 g/mol. The maximum Gasteiger partial charge on any atom is 0.317 e. The Morgan fingerprint density at radius 1 is 1.36 bits per heavy atom. The molecule has 0 aromatic heterocycles. The second kappa shape index (κ2) is 6.87. The van der Waals surface area contributed by atoms with Gasteiger partial charge in [0.15, 0.2) is 0 Å². The molecule has 1 aromatic rings. The molecule has 1 saturated heterocycles. The number of benzene rings is 1. The van der Waals surface area contributed by atoms with E-state index in [9.17, 15) is 9.18 Å². The first-order valence-electron chi connectivity index (χ1n) is 7.87. The van der Waals surface area contributed by atoms with Gasteiger partial charge in [0, 0.05) is 36.8 Å². The molecule has 2 heterocycles. The van der Waals surface area contributed by atoms with Crippen molar-refractivity contribution in [2.24, 2.45) is 0 Å². The van der Waals surface area contributed by atoms with Crippen LogP contribution in [0.15, 0.2) is 23.1 Å². The first-order valence-corrected chi connectivity index (χ1v) is 8.86. The smallest absolute Gasteiger partial charge is 0.317 e. The highest BCUT2D eigenvalue weighted by molar-refractivity contribution is 7.99. The fourth-order valence-corrected chi connectivity index (χ4v) is 4.13. The van der Waals surface area contributed by atoms with Crippen LogP contribution in [0.2, 0.25) is 0 Å². The molecule has 2 aliphatic heterocycles. The third kappa shape index (κ3) is 3.38. The van der Waals surface area contributed by atoms with E-state index in [0.29, 0.717) is 0 Å². The van der Waals surface area contributed by atoms with Crippen molar-refractivity contribution in [2.75, 3.05) is 38.5 Å². The van der Waals surface area contributed by atoms with Gasteiger partial charge in [0.2, 0.25) is 0 Å². The molecule has 2 aliphatic rings. The highest BCUT2D eigenvalue weighted by Crippen LogP contribution is 2.36. The number of rotatable bonds is 2. The summed E-state index contributed by atoms with van der Waals surface area (Å²) in [6.45, 7) is 6.54. The number of likely N-dealkylation sites (N-methyl/N-ethyl adjacent to an activating group) is 1. The minimum atomic E-state index is -0.239. The number of piperazine rings is 1. The molecule has 2 amide bonds. The summed E-state index contributed by atoms with van der Waals surface area (Å²) in [4.78, 5) is 17.7. The molecule has 0 spiro atoms. The summed E-state index contributed by atoms with van der Waals surface area (Å²) in [6.07, 6.45) is 0.849. The monoisotopic (exact) mass is 323 g/mol. The van der Waals surface area contributed by atoms with E-state index in [1.807, 2.05) is 11.0 Å². The molecule has 0 bridgehead atoms. The molecule has 1 fully saturated rings. The summed E-state index contributed by atoms with van der Waals surface area (Å²) in [5, 5.41) is 3.09. The molecule has 1 unspecified atom stereocenters. The summed E-state index contributed by atoms with van der Waals surface area (Å²) in [5.74, 6) is 0.713. The number of urea groups is 1. The van der Waals surface area contributed by atoms with Crippen LogP contribution in [0, 0.1) is 5.82 Å². The first-order chi connectivity index (χ1) is 10.7. The van der Waals surface area contributed by atoms with E-state index in [2.05, 4.69) is 17.1 Å². The quantitative estimate of drug-likeness (QED) is 0.909. The summed E-state index contributed by atoms with van der Waals surface area (Å²) < 4.78 is 13.5. The number of hydrogen-bond acceptors (Lipinski definition) is 3. The Hall–Kier alpha value is -1.27. The highest BCUT2D eigenvalue weighted by atomic mass is 32.2. The molecule has 22 heavy (non-hydrogen) atoms. The van der Waals surface area contributed by atoms with Gasteiger partial charge in [0.05, 0.1) is 6.04 Å². The van der Waals surface area contributed by atoms with Gasteiger partial charge in [-0.3, -0.25) is 0 Å². The molecule has 3 rings (SSSR count). The van der Waals surface area contributed by atoms with E-state index in [1.165, 1.54) is 6.07 Å². The van der Waals surface area contributed by atoms with E-state index in [1.54, 1.807) is 17.8 Å². The van der Waals surface area contributed by atoms with Crippen LogP contribution in [0.25, 0.3) is 0 Å². The normalized spacial score (nSPS) is 22.3. The lowest BCUT2D eigenvalue weighted by Gasteiger charge is -2.35. The van der Waals surface area contributed by atoms with Crippen LogP contribution < -0.4 is 5.32 Å². The molecule has 120 valence electrons. The summed E-state index contributed by atoms with van der Waals surface area (Å²) in [7, 11) is 0. The van der Waals surface area contributed by atoms with Crippen molar-refractivity contribution in [3.05, 3.63) is 29.6 Å². The number of hydrogen-bond donors (Lipinski definition) is 1. The zero-order valence-electron chi connectivity index (χ0n) is 12.8. The van der Waals surface area contributed by atoms with Crippen LogP contribution in [0.1, 0.15) is 24.9 Å². The van der Waals surface area contributed by atoms with E-state index in [-0.39, 0.29) is 17.9 Å². The van der Waals surface area contributed by atoms with Gasteiger partial charge in [0.1, 0.15) is 5.82 Å². The number of fused-ring (bicyclic) bond motifs is 1. The fourth-order valence-electron chi connectivity index (χ4n) is 3.02. The molecule has 0 saturated carbocycles. The van der Waals surface area contributed by atoms with Gasteiger partial charge in [-0.2, -0.15) is 0 Å². The number of carbonyl (C=O) groups is 1. The van der Waals surface area contributed by atoms with Gasteiger partial charge >= 0.3 is 6.03 Å². The first kappa shape index (κ1) is 15.6. The van der Waals surface area contributed by atoms with Crippen molar-refractivity contribution < 1.29 is 9.18 Å². The van der Waals surface area contributed by atoms with Crippen LogP contribution in [0.5, 0.6) is 0 Å². The molecule has 1 aromatic carbocycles. The predicted molar refractivity (Wildman–Crippen MR) is 86.7 cm³/mol. The summed E-state index contributed by atoms with van der Waals surface area (Å²) >= 11 is 1.73. The maximum absolute atomic E-state index is 13.5. The van der Waals surface area contributed by atoms with Crippen LogP contribution in [0.4, 0.5) is 9.18 Å². The van der Waals surface area contributed by atoms with Crippen molar-refractivity contribution in [3.8, 4) is 0 Å². The van der Waals surface area contributed by atoms with Crippen molar-refractivity contribution in [3.63, 3.8) is 0 Å². The average molecular weight is 323 g/mol. The Bertz CT molecular complexity index is 546. The van der Waals surface area contributed by atoms with Crippen LogP contribution in [-0.4, -0.2) is 54.3 Å². The summed E-state index contributed by atoms with van der Waals surface area (Å²) in [6, 6.07) is 4.75. The van der Waals surface area contributed by atoms with Gasteiger partial charge in [-0.05, 0) is 36.7 Å². The number of carbonyl (C=O) groups excluding carboxylic acids is 1. The van der Waals surface area contributed by atoms with Crippen LogP contribution in [-0.2, 0) is 0 Å². The van der Waals surface area contributed by atoms with Gasteiger partial charge in [-0.1, -0.05) is 6.92 Å². The van der Waals surface area contributed by atoms with Crippen LogP contribution >= 0.6 is 11.8 Å². The molecule has 4 nitrogen and oxygen atoms in total. The van der Waals surface area contributed by atoms with Crippen LogP contribution in [0.3, 0.4) is 0 Å². The van der Waals surface area contributed by atoms with E-state index in [4.69, 9.17) is 0 Å².